The van der Waals surface area contributed by atoms with Gasteiger partial charge in [0.1, 0.15) is 0 Å². The molecule has 0 N–H and O–H groups in total. The summed E-state index contributed by atoms with van der Waals surface area (Å²) in [5.74, 6) is 0. The zero-order chi connectivity index (χ0) is 21.1. The van der Waals surface area contributed by atoms with Gasteiger partial charge in [-0.2, -0.15) is 0 Å². The van der Waals surface area contributed by atoms with Crippen LogP contribution in [0.25, 0.3) is 0 Å². The molecule has 0 unspecified atom stereocenters. The van der Waals surface area contributed by atoms with Crippen LogP contribution in [0.3, 0.4) is 0 Å². The Morgan fingerprint density at radius 1 is 0.630 bits per heavy atom. The first-order chi connectivity index (χ1) is 12.2. The fraction of sp³-hybridized carbons (Fsp3) is 0.400. The van der Waals surface area contributed by atoms with Crippen LogP contribution >= 0.6 is 14.5 Å². The highest BCUT2D eigenvalue weighted by Gasteiger charge is 2.17. The van der Waals surface area contributed by atoms with Gasteiger partial charge in [0.2, 0.25) is 0 Å². The lowest BCUT2D eigenvalue weighted by atomic mass is 10.2. The number of rotatable bonds is 4. The maximum Gasteiger partial charge on any atom is 0.0834 e. The van der Waals surface area contributed by atoms with E-state index in [0.29, 0.717) is 0 Å². The normalized spacial score (nSPS) is 11.6. The smallest absolute Gasteiger partial charge is 0.0834 e. The van der Waals surface area contributed by atoms with Crippen molar-refractivity contribution in [1.82, 2.24) is 0 Å². The molecule has 7 heteroatoms. The topological polar surface area (TPSA) is 80.3 Å². The molecule has 0 amide bonds. The van der Waals surface area contributed by atoms with Crippen molar-refractivity contribution < 1.29 is 17.5 Å². The molecule has 4 nitrogen and oxygen atoms in total. The second kappa shape index (κ2) is 11.9. The van der Waals surface area contributed by atoms with Crippen LogP contribution in [0.4, 0.5) is 0 Å². The molecule has 0 heterocycles. The average molecular weight is 430 g/mol. The molecule has 2 rings (SSSR count). The predicted molar refractivity (Wildman–Crippen MR) is 120 cm³/mol. The van der Waals surface area contributed by atoms with Crippen molar-refractivity contribution in [3.63, 3.8) is 0 Å². The molecule has 0 atom stereocenters. The Labute approximate surface area is 166 Å². The zero-order valence-corrected chi connectivity index (χ0v) is 19.7. The summed E-state index contributed by atoms with van der Waals surface area (Å²) in [6.45, 7) is 14.2. The third-order valence-electron chi connectivity index (χ3n) is 3.00. The SMILES string of the molecule is C[P+](C)(C)Cc1ccccc1.C[P+](C)(C)Cc1ccccc1.O=S(=O)([O-])[O-]. The minimum atomic E-state index is -5.17. The van der Waals surface area contributed by atoms with E-state index in [2.05, 4.69) is 101 Å². The van der Waals surface area contributed by atoms with Crippen molar-refractivity contribution in [2.45, 2.75) is 12.3 Å². The maximum atomic E-state index is 8.52. The van der Waals surface area contributed by atoms with E-state index in [9.17, 15) is 0 Å². The predicted octanol–water partition coefficient (Wildman–Crippen LogP) is 4.85. The van der Waals surface area contributed by atoms with E-state index in [1.807, 2.05) is 0 Å². The molecule has 0 bridgehead atoms. The number of hydrogen-bond acceptors (Lipinski definition) is 4. The molecule has 0 spiro atoms. The molecule has 2 aromatic rings. The zero-order valence-electron chi connectivity index (χ0n) is 17.1. The van der Waals surface area contributed by atoms with Crippen LogP contribution in [0.2, 0.25) is 0 Å². The third kappa shape index (κ3) is 21.3. The summed E-state index contributed by atoms with van der Waals surface area (Å²) >= 11 is 0. The van der Waals surface area contributed by atoms with Crippen LogP contribution < -0.4 is 0 Å². The molecule has 0 saturated heterocycles. The highest BCUT2D eigenvalue weighted by molar-refractivity contribution is 7.79. The highest BCUT2D eigenvalue weighted by atomic mass is 32.3. The average Bonchev–Trinajstić information content (AvgIpc) is 2.44. The van der Waals surface area contributed by atoms with Gasteiger partial charge >= 0.3 is 0 Å². The van der Waals surface area contributed by atoms with Crippen molar-refractivity contribution in [2.24, 2.45) is 0 Å². The molecule has 0 aliphatic heterocycles. The van der Waals surface area contributed by atoms with E-state index in [1.165, 1.54) is 23.5 Å². The van der Waals surface area contributed by atoms with Crippen LogP contribution in [-0.4, -0.2) is 57.5 Å². The standard InChI is InChI=1S/2C10H16P.H2O4S/c2*1-11(2,3)9-10-7-5-4-6-8-10;1-5(2,3)4/h2*4-8H,9H2,1-3H3;(H2,1,2,3,4)/q2*+1;/p-2. The Hall–Kier alpha value is -0.830. The number of benzene rings is 2. The molecule has 2 aromatic carbocycles. The van der Waals surface area contributed by atoms with Gasteiger partial charge < -0.3 is 9.11 Å². The van der Waals surface area contributed by atoms with Gasteiger partial charge in [-0.25, -0.2) is 0 Å². The molecule has 0 aromatic heterocycles. The number of hydrogen-bond donors (Lipinski definition) is 0. The molecule has 152 valence electrons. The van der Waals surface area contributed by atoms with Crippen molar-refractivity contribution >= 4 is 24.9 Å². The van der Waals surface area contributed by atoms with Crippen LogP contribution in [0.5, 0.6) is 0 Å². The lowest BCUT2D eigenvalue weighted by Crippen LogP contribution is -1.91. The molecule has 0 fully saturated rings. The Bertz CT molecular complexity index is 676. The summed E-state index contributed by atoms with van der Waals surface area (Å²) in [6.07, 6.45) is 2.54. The molecular formula is C20H32O4P2S. The Morgan fingerprint density at radius 2 is 0.852 bits per heavy atom. The minimum absolute atomic E-state index is 0.638. The van der Waals surface area contributed by atoms with Crippen molar-refractivity contribution in [1.29, 1.82) is 0 Å². The molecule has 0 aliphatic carbocycles. The first kappa shape index (κ1) is 26.2. The van der Waals surface area contributed by atoms with Gasteiger partial charge in [0, 0.05) is 64.9 Å². The molecule has 0 saturated carbocycles. The fourth-order valence-electron chi connectivity index (χ4n) is 2.26. The molecule has 0 aliphatic rings. The summed E-state index contributed by atoms with van der Waals surface area (Å²) in [6, 6.07) is 21.5. The second-order valence-corrected chi connectivity index (χ2v) is 18.9. The lowest BCUT2D eigenvalue weighted by molar-refractivity contribution is 0.352. The van der Waals surface area contributed by atoms with Gasteiger partial charge in [-0.1, -0.05) is 60.7 Å². The van der Waals surface area contributed by atoms with E-state index in [4.69, 9.17) is 17.5 Å². The molecular weight excluding hydrogens is 398 g/mol. The van der Waals surface area contributed by atoms with E-state index in [1.54, 1.807) is 0 Å². The maximum absolute atomic E-state index is 8.52. The van der Waals surface area contributed by atoms with Crippen LogP contribution in [0.15, 0.2) is 60.7 Å². The molecule has 0 radical (unpaired) electrons. The highest BCUT2D eigenvalue weighted by Crippen LogP contribution is 2.50. The van der Waals surface area contributed by atoms with E-state index < -0.39 is 24.9 Å². The van der Waals surface area contributed by atoms with Gasteiger partial charge in [0.25, 0.3) is 0 Å². The lowest BCUT2D eigenvalue weighted by Gasteiger charge is -2.10. The van der Waals surface area contributed by atoms with Gasteiger partial charge in [-0.3, -0.25) is 8.42 Å². The van der Waals surface area contributed by atoms with E-state index in [0.717, 1.165) is 0 Å². The largest absolute Gasteiger partial charge is 0.759 e. The van der Waals surface area contributed by atoms with Gasteiger partial charge in [-0.15, -0.1) is 0 Å². The first-order valence-electron chi connectivity index (χ1n) is 8.51. The fourth-order valence-corrected chi connectivity index (χ4v) is 4.87. The van der Waals surface area contributed by atoms with Gasteiger partial charge in [0.05, 0.1) is 12.3 Å². The van der Waals surface area contributed by atoms with Crippen molar-refractivity contribution in [2.75, 3.05) is 40.0 Å². The van der Waals surface area contributed by atoms with E-state index >= 15 is 0 Å². The summed E-state index contributed by atoms with van der Waals surface area (Å²) in [4.78, 5) is 0. The van der Waals surface area contributed by atoms with Crippen LogP contribution in [0, 0.1) is 0 Å². The van der Waals surface area contributed by atoms with Crippen LogP contribution in [-0.2, 0) is 22.7 Å². The molecule has 27 heavy (non-hydrogen) atoms. The summed E-state index contributed by atoms with van der Waals surface area (Å²) < 4.78 is 34.1. The quantitative estimate of drug-likeness (QED) is 0.395. The Balaban J connectivity index is 0.000000405. The summed E-state index contributed by atoms with van der Waals surface area (Å²) in [5.41, 5.74) is 2.96. The monoisotopic (exact) mass is 430 g/mol. The summed E-state index contributed by atoms with van der Waals surface area (Å²) in [5, 5.41) is 0. The first-order valence-corrected chi connectivity index (χ1v) is 16.5. The van der Waals surface area contributed by atoms with Crippen molar-refractivity contribution in [3.05, 3.63) is 71.8 Å². The van der Waals surface area contributed by atoms with Crippen LogP contribution in [0.1, 0.15) is 11.1 Å². The second-order valence-electron chi connectivity index (χ2n) is 8.28. The minimum Gasteiger partial charge on any atom is -0.759 e. The Kier molecular flexibility index (Phi) is 11.5. The van der Waals surface area contributed by atoms with Gasteiger partial charge in [-0.05, 0) is 11.1 Å². The van der Waals surface area contributed by atoms with Crippen molar-refractivity contribution in [3.8, 4) is 0 Å². The summed E-state index contributed by atoms with van der Waals surface area (Å²) in [7, 11) is -6.44. The third-order valence-corrected chi connectivity index (χ3v) is 5.63. The van der Waals surface area contributed by atoms with Gasteiger partial charge in [0.15, 0.2) is 0 Å². The Morgan fingerprint density at radius 3 is 1.04 bits per heavy atom. The van der Waals surface area contributed by atoms with E-state index in [-0.39, 0.29) is 0 Å².